The molecule has 6 nitrogen and oxygen atoms in total. The smallest absolute Gasteiger partial charge is 0.323 e. The van der Waals surface area contributed by atoms with Gasteiger partial charge in [-0.1, -0.05) is 12.1 Å². The van der Waals surface area contributed by atoms with Crippen molar-refractivity contribution in [2.24, 2.45) is 0 Å². The molecular weight excluding hydrogens is 258 g/mol. The highest BCUT2D eigenvalue weighted by molar-refractivity contribution is 5.78. The Morgan fingerprint density at radius 2 is 2.05 bits per heavy atom. The standard InChI is InChI=1S/C14H17N3O3/c1-14(2,13(19)20)17(3)8-11-15-10-7-5-4-6-9(10)12(18)16-11/h4-7H,8H2,1-3H3,(H,19,20)(H,15,16,18). The van der Waals surface area contributed by atoms with Gasteiger partial charge in [-0.05, 0) is 33.0 Å². The summed E-state index contributed by atoms with van der Waals surface area (Å²) in [5, 5.41) is 9.71. The van der Waals surface area contributed by atoms with Gasteiger partial charge >= 0.3 is 5.97 Å². The van der Waals surface area contributed by atoms with E-state index in [4.69, 9.17) is 0 Å². The van der Waals surface area contributed by atoms with Crippen molar-refractivity contribution in [1.29, 1.82) is 0 Å². The van der Waals surface area contributed by atoms with Crippen LogP contribution in [0, 0.1) is 0 Å². The summed E-state index contributed by atoms with van der Waals surface area (Å²) in [5.74, 6) is -0.478. The van der Waals surface area contributed by atoms with Crippen LogP contribution in [0.25, 0.3) is 10.9 Å². The Hall–Kier alpha value is -2.21. The zero-order valence-corrected chi connectivity index (χ0v) is 11.7. The summed E-state index contributed by atoms with van der Waals surface area (Å²) in [6, 6.07) is 7.05. The number of aromatic nitrogens is 2. The normalized spacial score (nSPS) is 12.0. The number of para-hydroxylation sites is 1. The van der Waals surface area contributed by atoms with Crippen LogP contribution in [0.15, 0.2) is 29.1 Å². The molecule has 0 fully saturated rings. The minimum atomic E-state index is -1.04. The number of carbonyl (C=O) groups is 1. The van der Waals surface area contributed by atoms with Crippen LogP contribution in [0.1, 0.15) is 19.7 Å². The molecule has 0 unspecified atom stereocenters. The fourth-order valence-electron chi connectivity index (χ4n) is 1.80. The van der Waals surface area contributed by atoms with Crippen molar-refractivity contribution >= 4 is 16.9 Å². The third-order valence-corrected chi connectivity index (χ3v) is 3.53. The molecule has 106 valence electrons. The first-order chi connectivity index (χ1) is 9.32. The molecule has 0 saturated carbocycles. The Morgan fingerprint density at radius 3 is 2.70 bits per heavy atom. The zero-order valence-electron chi connectivity index (χ0n) is 11.7. The van der Waals surface area contributed by atoms with Gasteiger partial charge < -0.3 is 10.1 Å². The lowest BCUT2D eigenvalue weighted by Gasteiger charge is -2.30. The molecule has 20 heavy (non-hydrogen) atoms. The first-order valence-electron chi connectivity index (χ1n) is 6.25. The summed E-state index contributed by atoms with van der Waals surface area (Å²) >= 11 is 0. The summed E-state index contributed by atoms with van der Waals surface area (Å²) in [4.78, 5) is 31.8. The highest BCUT2D eigenvalue weighted by Crippen LogP contribution is 2.15. The number of hydrogen-bond donors (Lipinski definition) is 2. The molecule has 2 rings (SSSR count). The second-order valence-corrected chi connectivity index (χ2v) is 5.25. The molecule has 0 bridgehead atoms. The van der Waals surface area contributed by atoms with E-state index in [0.717, 1.165) is 0 Å². The molecule has 1 heterocycles. The van der Waals surface area contributed by atoms with Crippen LogP contribution in [-0.2, 0) is 11.3 Å². The van der Waals surface area contributed by atoms with Crippen LogP contribution in [-0.4, -0.2) is 38.5 Å². The SMILES string of the molecule is CN(Cc1nc2ccccc2c(=O)[nH]1)C(C)(C)C(=O)O. The van der Waals surface area contributed by atoms with Gasteiger partial charge in [-0.25, -0.2) is 4.98 Å². The van der Waals surface area contributed by atoms with E-state index in [1.54, 1.807) is 44.0 Å². The third-order valence-electron chi connectivity index (χ3n) is 3.53. The third kappa shape index (κ3) is 2.55. The molecule has 2 N–H and O–H groups in total. The van der Waals surface area contributed by atoms with E-state index in [-0.39, 0.29) is 12.1 Å². The lowest BCUT2D eigenvalue weighted by Crippen LogP contribution is -2.47. The summed E-state index contributed by atoms with van der Waals surface area (Å²) in [6.07, 6.45) is 0. The Bertz CT molecular complexity index is 706. The number of carboxylic acid groups (broad SMARTS) is 1. The van der Waals surface area contributed by atoms with Crippen molar-refractivity contribution in [2.75, 3.05) is 7.05 Å². The predicted molar refractivity (Wildman–Crippen MR) is 75.5 cm³/mol. The van der Waals surface area contributed by atoms with Gasteiger partial charge in [0.15, 0.2) is 0 Å². The number of likely N-dealkylation sites (N-methyl/N-ethyl adjacent to an activating group) is 1. The predicted octanol–water partition coefficient (Wildman–Crippen LogP) is 1.22. The number of aromatic amines is 1. The molecule has 0 aliphatic heterocycles. The quantitative estimate of drug-likeness (QED) is 0.876. The monoisotopic (exact) mass is 275 g/mol. The first kappa shape index (κ1) is 14.2. The number of benzene rings is 1. The van der Waals surface area contributed by atoms with Gasteiger partial charge in [-0.3, -0.25) is 14.5 Å². The number of carboxylic acids is 1. The second-order valence-electron chi connectivity index (χ2n) is 5.25. The maximum Gasteiger partial charge on any atom is 0.323 e. The van der Waals surface area contributed by atoms with E-state index in [1.165, 1.54) is 0 Å². The van der Waals surface area contributed by atoms with E-state index in [9.17, 15) is 14.7 Å². The van der Waals surface area contributed by atoms with Crippen molar-refractivity contribution in [1.82, 2.24) is 14.9 Å². The number of hydrogen-bond acceptors (Lipinski definition) is 4. The first-order valence-corrected chi connectivity index (χ1v) is 6.25. The molecule has 0 amide bonds. The van der Waals surface area contributed by atoms with E-state index in [2.05, 4.69) is 9.97 Å². The largest absolute Gasteiger partial charge is 0.480 e. The van der Waals surface area contributed by atoms with Crippen molar-refractivity contribution in [3.8, 4) is 0 Å². The summed E-state index contributed by atoms with van der Waals surface area (Å²) in [7, 11) is 1.68. The maximum absolute atomic E-state index is 11.9. The second kappa shape index (κ2) is 5.05. The van der Waals surface area contributed by atoms with Crippen molar-refractivity contribution in [3.63, 3.8) is 0 Å². The minimum absolute atomic E-state index is 0.216. The highest BCUT2D eigenvalue weighted by Gasteiger charge is 2.32. The number of aliphatic carboxylic acids is 1. The summed E-state index contributed by atoms with van der Waals surface area (Å²) in [6.45, 7) is 3.46. The highest BCUT2D eigenvalue weighted by atomic mass is 16.4. The van der Waals surface area contributed by atoms with Crippen LogP contribution in [0.2, 0.25) is 0 Å². The van der Waals surface area contributed by atoms with E-state index in [0.29, 0.717) is 16.7 Å². The molecule has 2 aromatic rings. The molecule has 0 spiro atoms. The van der Waals surface area contributed by atoms with Crippen molar-refractivity contribution < 1.29 is 9.90 Å². The fourth-order valence-corrected chi connectivity index (χ4v) is 1.80. The average Bonchev–Trinajstić information content (AvgIpc) is 2.38. The molecule has 0 aliphatic rings. The van der Waals surface area contributed by atoms with Crippen LogP contribution in [0.4, 0.5) is 0 Å². The van der Waals surface area contributed by atoms with Crippen LogP contribution in [0.3, 0.4) is 0 Å². The molecular formula is C14H17N3O3. The van der Waals surface area contributed by atoms with Gasteiger partial charge in [0.05, 0.1) is 17.4 Å². The van der Waals surface area contributed by atoms with E-state index in [1.807, 2.05) is 6.07 Å². The van der Waals surface area contributed by atoms with Gasteiger partial charge in [0, 0.05) is 0 Å². The van der Waals surface area contributed by atoms with Crippen molar-refractivity contribution in [3.05, 3.63) is 40.4 Å². The van der Waals surface area contributed by atoms with Gasteiger partial charge in [-0.2, -0.15) is 0 Å². The Labute approximate surface area is 116 Å². The number of rotatable bonds is 4. The lowest BCUT2D eigenvalue weighted by molar-refractivity contribution is -0.148. The number of nitrogens with zero attached hydrogens (tertiary/aromatic N) is 2. The number of nitrogens with one attached hydrogen (secondary N) is 1. The average molecular weight is 275 g/mol. The maximum atomic E-state index is 11.9. The van der Waals surface area contributed by atoms with Crippen LogP contribution >= 0.6 is 0 Å². The van der Waals surface area contributed by atoms with Gasteiger partial charge in [0.1, 0.15) is 11.4 Å². The Balaban J connectivity index is 2.36. The zero-order chi connectivity index (χ0) is 14.9. The van der Waals surface area contributed by atoms with Gasteiger partial charge in [0.2, 0.25) is 0 Å². The molecule has 1 aromatic carbocycles. The lowest BCUT2D eigenvalue weighted by atomic mass is 10.0. The van der Waals surface area contributed by atoms with Crippen molar-refractivity contribution in [2.45, 2.75) is 25.9 Å². The van der Waals surface area contributed by atoms with Crippen LogP contribution < -0.4 is 5.56 Å². The molecule has 0 saturated heterocycles. The summed E-state index contributed by atoms with van der Waals surface area (Å²) < 4.78 is 0. The van der Waals surface area contributed by atoms with E-state index < -0.39 is 11.5 Å². The summed E-state index contributed by atoms with van der Waals surface area (Å²) in [5.41, 5.74) is -0.649. The number of fused-ring (bicyclic) bond motifs is 1. The number of H-pyrrole nitrogens is 1. The van der Waals surface area contributed by atoms with Crippen LogP contribution in [0.5, 0.6) is 0 Å². The topological polar surface area (TPSA) is 86.3 Å². The minimum Gasteiger partial charge on any atom is -0.480 e. The molecule has 0 atom stereocenters. The Kier molecular flexibility index (Phi) is 3.59. The molecule has 0 radical (unpaired) electrons. The van der Waals surface area contributed by atoms with E-state index >= 15 is 0 Å². The van der Waals surface area contributed by atoms with Gasteiger partial charge in [0.25, 0.3) is 5.56 Å². The molecule has 6 heteroatoms. The molecule has 0 aliphatic carbocycles. The molecule has 1 aromatic heterocycles. The fraction of sp³-hybridized carbons (Fsp3) is 0.357. The Morgan fingerprint density at radius 1 is 1.40 bits per heavy atom. The van der Waals surface area contributed by atoms with Gasteiger partial charge in [-0.15, -0.1) is 0 Å².